The van der Waals surface area contributed by atoms with E-state index in [0.717, 1.165) is 5.69 Å². The summed E-state index contributed by atoms with van der Waals surface area (Å²) in [6.07, 6.45) is 1.84. The molecule has 0 fully saturated rings. The molecule has 1 aromatic rings. The third-order valence-electron chi connectivity index (χ3n) is 1.89. The molecule has 0 aliphatic carbocycles. The van der Waals surface area contributed by atoms with E-state index in [9.17, 15) is 5.11 Å². The normalized spacial score (nSPS) is 12.5. The zero-order chi connectivity index (χ0) is 11.1. The summed E-state index contributed by atoms with van der Waals surface area (Å²) in [5.41, 5.74) is 0.902. The van der Waals surface area contributed by atoms with E-state index in [4.69, 9.17) is 16.3 Å². The Morgan fingerprint density at radius 1 is 1.67 bits per heavy atom. The topological polar surface area (TPSA) is 54.4 Å². The van der Waals surface area contributed by atoms with Gasteiger partial charge in [0.2, 0.25) is 0 Å². The Morgan fingerprint density at radius 2 is 2.47 bits per heavy atom. The first-order chi connectivity index (χ1) is 7.22. The fourth-order valence-corrected chi connectivity index (χ4v) is 1.35. The van der Waals surface area contributed by atoms with Crippen molar-refractivity contribution in [2.45, 2.75) is 12.5 Å². The second kappa shape index (κ2) is 6.61. The van der Waals surface area contributed by atoms with Crippen molar-refractivity contribution in [1.82, 2.24) is 4.98 Å². The van der Waals surface area contributed by atoms with Crippen molar-refractivity contribution >= 4 is 17.3 Å². The lowest BCUT2D eigenvalue weighted by molar-refractivity contribution is 0.0615. The first-order valence-electron chi connectivity index (χ1n) is 4.75. The molecule has 0 saturated heterocycles. The Morgan fingerprint density at radius 3 is 3.13 bits per heavy atom. The van der Waals surface area contributed by atoms with E-state index in [1.165, 1.54) is 0 Å². The highest BCUT2D eigenvalue weighted by atomic mass is 35.5. The van der Waals surface area contributed by atoms with Gasteiger partial charge < -0.3 is 15.2 Å². The molecular formula is C10H15ClN2O2. The van der Waals surface area contributed by atoms with Gasteiger partial charge in [-0.1, -0.05) is 11.6 Å². The van der Waals surface area contributed by atoms with Crippen LogP contribution in [-0.4, -0.2) is 36.5 Å². The molecule has 0 aliphatic heterocycles. The van der Waals surface area contributed by atoms with Gasteiger partial charge in [-0.05, 0) is 18.6 Å². The lowest BCUT2D eigenvalue weighted by atomic mass is 10.2. The maximum atomic E-state index is 9.38. The Kier molecular flexibility index (Phi) is 5.39. The number of hydrogen-bond donors (Lipinski definition) is 2. The number of aromatic nitrogens is 1. The van der Waals surface area contributed by atoms with E-state index in [0.29, 0.717) is 24.7 Å². The fourth-order valence-electron chi connectivity index (χ4n) is 1.17. The number of pyridine rings is 1. The molecule has 0 amide bonds. The second-order valence-corrected chi connectivity index (χ2v) is 3.58. The van der Waals surface area contributed by atoms with Crippen LogP contribution in [0.5, 0.6) is 0 Å². The van der Waals surface area contributed by atoms with Crippen LogP contribution in [-0.2, 0) is 4.74 Å². The van der Waals surface area contributed by atoms with Gasteiger partial charge in [0.05, 0.1) is 12.7 Å². The molecule has 84 valence electrons. The molecule has 0 bridgehead atoms. The number of ether oxygens (including phenoxy) is 1. The monoisotopic (exact) mass is 230 g/mol. The van der Waals surface area contributed by atoms with E-state index < -0.39 is 6.10 Å². The minimum Gasteiger partial charge on any atom is -0.391 e. The predicted octanol–water partition coefficient (Wildman–Crippen LogP) is 1.54. The van der Waals surface area contributed by atoms with E-state index in [-0.39, 0.29) is 0 Å². The predicted molar refractivity (Wildman–Crippen MR) is 60.2 cm³/mol. The fraction of sp³-hybridized carbons (Fsp3) is 0.500. The Balaban J connectivity index is 2.25. The second-order valence-electron chi connectivity index (χ2n) is 3.19. The highest BCUT2D eigenvalue weighted by molar-refractivity contribution is 6.29. The summed E-state index contributed by atoms with van der Waals surface area (Å²) in [7, 11) is 1.57. The molecule has 0 saturated carbocycles. The van der Waals surface area contributed by atoms with Crippen LogP contribution in [0.3, 0.4) is 0 Å². The van der Waals surface area contributed by atoms with Crippen molar-refractivity contribution in [1.29, 1.82) is 0 Å². The van der Waals surface area contributed by atoms with Crippen LogP contribution < -0.4 is 5.32 Å². The summed E-state index contributed by atoms with van der Waals surface area (Å²) in [6.45, 7) is 1.03. The molecule has 2 N–H and O–H groups in total. The largest absolute Gasteiger partial charge is 0.391 e. The van der Waals surface area contributed by atoms with Crippen molar-refractivity contribution < 1.29 is 9.84 Å². The number of hydrogen-bond acceptors (Lipinski definition) is 4. The summed E-state index contributed by atoms with van der Waals surface area (Å²) in [6, 6.07) is 3.57. The molecule has 1 aromatic heterocycles. The molecule has 1 heterocycles. The lowest BCUT2D eigenvalue weighted by Gasteiger charge is -2.10. The SMILES string of the molecule is COCC(O)CCNc1ccnc(Cl)c1. The van der Waals surface area contributed by atoms with Crippen LogP contribution in [0.4, 0.5) is 5.69 Å². The number of halogens is 1. The van der Waals surface area contributed by atoms with E-state index >= 15 is 0 Å². The van der Waals surface area contributed by atoms with Gasteiger partial charge in [-0.2, -0.15) is 0 Å². The van der Waals surface area contributed by atoms with Crippen molar-refractivity contribution in [2.75, 3.05) is 25.6 Å². The van der Waals surface area contributed by atoms with Crippen molar-refractivity contribution in [3.8, 4) is 0 Å². The van der Waals surface area contributed by atoms with Gasteiger partial charge >= 0.3 is 0 Å². The van der Waals surface area contributed by atoms with Gasteiger partial charge in [0, 0.05) is 25.5 Å². The van der Waals surface area contributed by atoms with Gasteiger partial charge in [-0.3, -0.25) is 0 Å². The van der Waals surface area contributed by atoms with Gasteiger partial charge in [-0.25, -0.2) is 4.98 Å². The Hall–Kier alpha value is -0.840. The molecule has 1 atom stereocenters. The van der Waals surface area contributed by atoms with Crippen LogP contribution in [0.25, 0.3) is 0 Å². The molecule has 0 radical (unpaired) electrons. The third-order valence-corrected chi connectivity index (χ3v) is 2.10. The summed E-state index contributed by atoms with van der Waals surface area (Å²) in [5.74, 6) is 0. The molecule has 5 heteroatoms. The van der Waals surface area contributed by atoms with Crippen LogP contribution in [0.15, 0.2) is 18.3 Å². The number of rotatable bonds is 6. The maximum Gasteiger partial charge on any atom is 0.131 e. The van der Waals surface area contributed by atoms with Gasteiger partial charge in [0.15, 0.2) is 0 Å². The highest BCUT2D eigenvalue weighted by Crippen LogP contribution is 2.11. The molecule has 4 nitrogen and oxygen atoms in total. The highest BCUT2D eigenvalue weighted by Gasteiger charge is 2.02. The number of aliphatic hydroxyl groups excluding tert-OH is 1. The Bertz CT molecular complexity index is 297. The van der Waals surface area contributed by atoms with E-state index in [1.807, 2.05) is 6.07 Å². The maximum absolute atomic E-state index is 9.38. The van der Waals surface area contributed by atoms with Gasteiger partial charge in [0.1, 0.15) is 5.15 Å². The number of methoxy groups -OCH3 is 1. The molecule has 1 rings (SSSR count). The summed E-state index contributed by atoms with van der Waals surface area (Å²) in [4.78, 5) is 3.87. The molecular weight excluding hydrogens is 216 g/mol. The number of nitrogens with one attached hydrogen (secondary N) is 1. The number of aliphatic hydroxyl groups is 1. The van der Waals surface area contributed by atoms with E-state index in [2.05, 4.69) is 10.3 Å². The molecule has 0 aliphatic rings. The summed E-state index contributed by atoms with van der Waals surface area (Å²) < 4.78 is 4.82. The smallest absolute Gasteiger partial charge is 0.131 e. The molecule has 0 aromatic carbocycles. The summed E-state index contributed by atoms with van der Waals surface area (Å²) in [5, 5.41) is 13.0. The van der Waals surface area contributed by atoms with E-state index in [1.54, 1.807) is 19.4 Å². The summed E-state index contributed by atoms with van der Waals surface area (Å²) >= 11 is 5.72. The van der Waals surface area contributed by atoms with Crippen LogP contribution >= 0.6 is 11.6 Å². The average molecular weight is 231 g/mol. The standard InChI is InChI=1S/C10H15ClN2O2/c1-15-7-9(14)3-5-12-8-2-4-13-10(11)6-8/h2,4,6,9,14H,3,5,7H2,1H3,(H,12,13). The Labute approximate surface area is 94.2 Å². The van der Waals surface area contributed by atoms with Crippen molar-refractivity contribution in [3.05, 3.63) is 23.5 Å². The number of nitrogens with zero attached hydrogens (tertiary/aromatic N) is 1. The van der Waals surface area contributed by atoms with Gasteiger partial charge in [-0.15, -0.1) is 0 Å². The lowest BCUT2D eigenvalue weighted by Crippen LogP contribution is -2.18. The van der Waals surface area contributed by atoms with Crippen LogP contribution in [0.1, 0.15) is 6.42 Å². The van der Waals surface area contributed by atoms with Gasteiger partial charge in [0.25, 0.3) is 0 Å². The minimum absolute atomic E-state index is 0.360. The number of anilines is 1. The zero-order valence-corrected chi connectivity index (χ0v) is 9.37. The van der Waals surface area contributed by atoms with Crippen molar-refractivity contribution in [2.24, 2.45) is 0 Å². The van der Waals surface area contributed by atoms with Crippen LogP contribution in [0, 0.1) is 0 Å². The van der Waals surface area contributed by atoms with Crippen molar-refractivity contribution in [3.63, 3.8) is 0 Å². The quantitative estimate of drug-likeness (QED) is 0.728. The molecule has 15 heavy (non-hydrogen) atoms. The third kappa shape index (κ3) is 4.97. The average Bonchev–Trinajstić information content (AvgIpc) is 2.18. The zero-order valence-electron chi connectivity index (χ0n) is 8.61. The molecule has 0 spiro atoms. The first kappa shape index (κ1) is 12.2. The van der Waals surface area contributed by atoms with Crippen LogP contribution in [0.2, 0.25) is 5.15 Å². The molecule has 1 unspecified atom stereocenters. The minimum atomic E-state index is -0.431. The first-order valence-corrected chi connectivity index (χ1v) is 5.12.